The van der Waals surface area contributed by atoms with E-state index in [1.165, 1.54) is 0 Å². The molecular weight excluding hydrogens is 204 g/mol. The van der Waals surface area contributed by atoms with Gasteiger partial charge in [-0.15, -0.1) is 0 Å². The van der Waals surface area contributed by atoms with Crippen molar-refractivity contribution in [3.05, 3.63) is 0 Å². The molecule has 15 heavy (non-hydrogen) atoms. The van der Waals surface area contributed by atoms with Gasteiger partial charge in [0.15, 0.2) is 0 Å². The summed E-state index contributed by atoms with van der Waals surface area (Å²) in [5.74, 6) is 1.58. The number of hydrogen-bond donors (Lipinski definition) is 0. The van der Waals surface area contributed by atoms with Gasteiger partial charge < -0.3 is 14.2 Å². The molecule has 0 radical (unpaired) electrons. The number of rotatable bonds is 2. The fourth-order valence-electron chi connectivity index (χ4n) is 0.518. The molecule has 6 nitrogen and oxygen atoms in total. The van der Waals surface area contributed by atoms with Crippen LogP contribution in [0.25, 0.3) is 0 Å². The van der Waals surface area contributed by atoms with E-state index in [0.29, 0.717) is 0 Å². The van der Waals surface area contributed by atoms with Crippen LogP contribution in [0.15, 0.2) is 0 Å². The molecule has 0 unspecified atom stereocenters. The van der Waals surface area contributed by atoms with Gasteiger partial charge in [-0.3, -0.25) is 0 Å². The normalized spacial score (nSPS) is 8.13. The summed E-state index contributed by atoms with van der Waals surface area (Å²) in [6.45, 7) is 3.38. The van der Waals surface area contributed by atoms with Gasteiger partial charge in [0, 0.05) is 11.8 Å². The molecule has 6 heteroatoms. The van der Waals surface area contributed by atoms with E-state index in [1.807, 2.05) is 5.92 Å². The summed E-state index contributed by atoms with van der Waals surface area (Å²) >= 11 is 0. The fraction of sp³-hybridized carbons (Fsp3) is 0.444. The summed E-state index contributed by atoms with van der Waals surface area (Å²) in [6, 6.07) is 0. The minimum absolute atomic E-state index is 0.0808. The lowest BCUT2D eigenvalue weighted by Crippen LogP contribution is -2.12. The molecule has 0 aliphatic heterocycles. The van der Waals surface area contributed by atoms with E-state index >= 15 is 0 Å². The fourth-order valence-corrected chi connectivity index (χ4v) is 0.518. The molecule has 82 valence electrons. The second-order valence-electron chi connectivity index (χ2n) is 2.04. The molecule has 0 atom stereocenters. The molecule has 0 heterocycles. The first-order chi connectivity index (χ1) is 7.10. The van der Waals surface area contributed by atoms with Crippen molar-refractivity contribution in [1.29, 1.82) is 0 Å². The molecule has 0 N–H and O–H groups in total. The van der Waals surface area contributed by atoms with Crippen LogP contribution in [0.3, 0.4) is 0 Å². The number of esters is 2. The van der Waals surface area contributed by atoms with Crippen molar-refractivity contribution in [2.75, 3.05) is 13.2 Å². The molecule has 0 aromatic heterocycles. The molecule has 0 aromatic rings. The van der Waals surface area contributed by atoms with Crippen LogP contribution in [-0.2, 0) is 23.8 Å². The molecule has 0 aliphatic rings. The van der Waals surface area contributed by atoms with Crippen LogP contribution in [0.4, 0.5) is 4.79 Å². The van der Waals surface area contributed by atoms with Crippen molar-refractivity contribution in [2.24, 2.45) is 0 Å². The topological polar surface area (TPSA) is 78.9 Å². The van der Waals surface area contributed by atoms with Gasteiger partial charge in [-0.05, 0) is 13.8 Å². The largest absolute Gasteiger partial charge is 0.516 e. The Hall–Kier alpha value is -2.03. The SMILES string of the molecule is CCOC(=O)C#CC(=O)OC(=O)OCC. The molecule has 0 rings (SSSR count). The lowest BCUT2D eigenvalue weighted by atomic mass is 10.6. The maximum absolute atomic E-state index is 10.7. The van der Waals surface area contributed by atoms with Gasteiger partial charge in [-0.1, -0.05) is 0 Å². The third kappa shape index (κ3) is 7.07. The Labute approximate surface area is 86.5 Å². The summed E-state index contributed by atoms with van der Waals surface area (Å²) in [4.78, 5) is 31.9. The maximum Gasteiger partial charge on any atom is 0.516 e. The highest BCUT2D eigenvalue weighted by Gasteiger charge is 2.08. The molecule has 0 saturated heterocycles. The Morgan fingerprint density at radius 2 is 1.47 bits per heavy atom. The Morgan fingerprint density at radius 1 is 0.933 bits per heavy atom. The van der Waals surface area contributed by atoms with E-state index in [4.69, 9.17) is 0 Å². The molecule has 0 spiro atoms. The minimum Gasteiger partial charge on any atom is -0.456 e. The lowest BCUT2D eigenvalue weighted by molar-refractivity contribution is -0.137. The van der Waals surface area contributed by atoms with Gasteiger partial charge >= 0.3 is 18.1 Å². The third-order valence-electron chi connectivity index (χ3n) is 0.980. The Kier molecular flexibility index (Phi) is 6.38. The number of ether oxygens (including phenoxy) is 3. The summed E-state index contributed by atoms with van der Waals surface area (Å²) in [5.41, 5.74) is 0. The molecule has 0 aliphatic carbocycles. The van der Waals surface area contributed by atoms with Crippen LogP contribution < -0.4 is 0 Å². The quantitative estimate of drug-likeness (QED) is 0.284. The second kappa shape index (κ2) is 7.38. The van der Waals surface area contributed by atoms with Gasteiger partial charge in [-0.25, -0.2) is 14.4 Å². The van der Waals surface area contributed by atoms with E-state index in [9.17, 15) is 14.4 Å². The molecular formula is C9H10O6. The monoisotopic (exact) mass is 214 g/mol. The van der Waals surface area contributed by atoms with Crippen LogP contribution in [0, 0.1) is 11.8 Å². The first-order valence-corrected chi connectivity index (χ1v) is 4.17. The highest BCUT2D eigenvalue weighted by atomic mass is 16.7. The van der Waals surface area contributed by atoms with Crippen molar-refractivity contribution in [3.63, 3.8) is 0 Å². The zero-order chi connectivity index (χ0) is 11.7. The first-order valence-electron chi connectivity index (χ1n) is 4.17. The zero-order valence-electron chi connectivity index (χ0n) is 8.36. The van der Waals surface area contributed by atoms with Crippen molar-refractivity contribution in [2.45, 2.75) is 13.8 Å². The van der Waals surface area contributed by atoms with Crippen LogP contribution in [0.5, 0.6) is 0 Å². The molecule has 0 amide bonds. The second-order valence-corrected chi connectivity index (χ2v) is 2.04. The predicted octanol–water partition coefficient (Wildman–Crippen LogP) is 0.253. The smallest absolute Gasteiger partial charge is 0.456 e. The van der Waals surface area contributed by atoms with Gasteiger partial charge in [0.1, 0.15) is 0 Å². The van der Waals surface area contributed by atoms with Crippen LogP contribution >= 0.6 is 0 Å². The standard InChI is InChI=1S/C9H10O6/c1-3-13-7(10)5-6-8(11)15-9(12)14-4-2/h3-4H2,1-2H3. The average molecular weight is 214 g/mol. The van der Waals surface area contributed by atoms with E-state index in [2.05, 4.69) is 14.2 Å². The average Bonchev–Trinajstić information content (AvgIpc) is 2.15. The Morgan fingerprint density at radius 3 is 2.00 bits per heavy atom. The molecule has 0 bridgehead atoms. The van der Waals surface area contributed by atoms with Crippen molar-refractivity contribution in [1.82, 2.24) is 0 Å². The van der Waals surface area contributed by atoms with Crippen molar-refractivity contribution >= 4 is 18.1 Å². The summed E-state index contributed by atoms with van der Waals surface area (Å²) < 4.78 is 12.7. The minimum atomic E-state index is -1.17. The summed E-state index contributed by atoms with van der Waals surface area (Å²) in [5, 5.41) is 0. The Balaban J connectivity index is 4.02. The van der Waals surface area contributed by atoms with Crippen LogP contribution in [-0.4, -0.2) is 31.3 Å². The van der Waals surface area contributed by atoms with Crippen LogP contribution in [0.1, 0.15) is 13.8 Å². The first kappa shape index (κ1) is 13.0. The van der Waals surface area contributed by atoms with E-state index in [-0.39, 0.29) is 13.2 Å². The van der Waals surface area contributed by atoms with E-state index in [1.54, 1.807) is 19.8 Å². The highest BCUT2D eigenvalue weighted by Crippen LogP contribution is 1.85. The van der Waals surface area contributed by atoms with Gasteiger partial charge in [0.05, 0.1) is 13.2 Å². The number of hydrogen-bond acceptors (Lipinski definition) is 6. The lowest BCUT2D eigenvalue weighted by Gasteiger charge is -1.97. The maximum atomic E-state index is 10.7. The summed E-state index contributed by atoms with van der Waals surface area (Å²) in [7, 11) is 0. The van der Waals surface area contributed by atoms with Crippen molar-refractivity contribution < 1.29 is 28.6 Å². The van der Waals surface area contributed by atoms with Gasteiger partial charge in [0.2, 0.25) is 0 Å². The zero-order valence-corrected chi connectivity index (χ0v) is 8.36. The van der Waals surface area contributed by atoms with E-state index < -0.39 is 18.1 Å². The van der Waals surface area contributed by atoms with Gasteiger partial charge in [-0.2, -0.15) is 0 Å². The summed E-state index contributed by atoms with van der Waals surface area (Å²) in [6.07, 6.45) is -1.15. The van der Waals surface area contributed by atoms with Crippen molar-refractivity contribution in [3.8, 4) is 11.8 Å². The Bertz CT molecular complexity index is 308. The molecule has 0 aromatic carbocycles. The molecule has 0 saturated carbocycles. The number of carbonyl (C=O) groups is 3. The number of carbonyl (C=O) groups excluding carboxylic acids is 3. The third-order valence-corrected chi connectivity index (χ3v) is 0.980. The van der Waals surface area contributed by atoms with E-state index in [0.717, 1.165) is 0 Å². The molecule has 0 fully saturated rings. The highest BCUT2D eigenvalue weighted by molar-refractivity contribution is 6.00. The van der Waals surface area contributed by atoms with Crippen LogP contribution in [0.2, 0.25) is 0 Å². The predicted molar refractivity (Wildman–Crippen MR) is 47.5 cm³/mol. The van der Waals surface area contributed by atoms with Gasteiger partial charge in [0.25, 0.3) is 0 Å².